The highest BCUT2D eigenvalue weighted by Crippen LogP contribution is 2.30. The predicted octanol–water partition coefficient (Wildman–Crippen LogP) is 1.25. The average molecular weight is 177 g/mol. The Morgan fingerprint density at radius 1 is 1.46 bits per heavy atom. The molecular weight excluding hydrogens is 162 g/mol. The summed E-state index contributed by atoms with van der Waals surface area (Å²) in [5.74, 6) is 0. The number of aliphatic hydroxyl groups excluding tert-OH is 1. The Hall–Kier alpha value is -0.860. The number of likely N-dealkylation sites (N-methyl/N-ethyl adjacent to an activating group) is 1. The van der Waals surface area contributed by atoms with Crippen molar-refractivity contribution in [3.63, 3.8) is 0 Å². The van der Waals surface area contributed by atoms with Gasteiger partial charge in [-0.05, 0) is 24.1 Å². The minimum absolute atomic E-state index is 0.211. The summed E-state index contributed by atoms with van der Waals surface area (Å²) < 4.78 is 0. The second-order valence-corrected chi connectivity index (χ2v) is 3.51. The molecule has 13 heavy (non-hydrogen) atoms. The molecule has 2 heteroatoms. The third-order valence-corrected chi connectivity index (χ3v) is 2.66. The summed E-state index contributed by atoms with van der Waals surface area (Å²) in [6.45, 7) is 2.98. The Labute approximate surface area is 78.6 Å². The molecule has 2 N–H and O–H groups in total. The molecule has 1 aliphatic rings. The lowest BCUT2D eigenvalue weighted by atomic mass is 10.1. The summed E-state index contributed by atoms with van der Waals surface area (Å²) in [6.07, 6.45) is 0.627. The van der Waals surface area contributed by atoms with Gasteiger partial charge in [-0.1, -0.05) is 31.2 Å². The van der Waals surface area contributed by atoms with E-state index < -0.39 is 0 Å². The monoisotopic (exact) mass is 177 g/mol. The lowest BCUT2D eigenvalue weighted by Gasteiger charge is -2.15. The van der Waals surface area contributed by atoms with Gasteiger partial charge in [0.1, 0.15) is 0 Å². The van der Waals surface area contributed by atoms with Gasteiger partial charge in [0, 0.05) is 6.04 Å². The van der Waals surface area contributed by atoms with Gasteiger partial charge in [-0.3, -0.25) is 0 Å². The maximum atomic E-state index is 9.91. The third-order valence-electron chi connectivity index (χ3n) is 2.66. The lowest BCUT2D eigenvalue weighted by molar-refractivity contribution is 0.143. The van der Waals surface area contributed by atoms with Gasteiger partial charge >= 0.3 is 0 Å². The van der Waals surface area contributed by atoms with E-state index >= 15 is 0 Å². The fourth-order valence-corrected chi connectivity index (χ4v) is 2.02. The van der Waals surface area contributed by atoms with Crippen molar-refractivity contribution in [3.05, 3.63) is 35.4 Å². The van der Waals surface area contributed by atoms with Gasteiger partial charge in [0.05, 0.1) is 6.10 Å². The average Bonchev–Trinajstić information content (AvgIpc) is 2.46. The van der Waals surface area contributed by atoms with Crippen LogP contribution in [0.5, 0.6) is 0 Å². The van der Waals surface area contributed by atoms with Crippen molar-refractivity contribution in [2.45, 2.75) is 25.5 Å². The van der Waals surface area contributed by atoms with Crippen LogP contribution < -0.4 is 5.32 Å². The van der Waals surface area contributed by atoms with E-state index in [2.05, 4.69) is 18.3 Å². The summed E-state index contributed by atoms with van der Waals surface area (Å²) >= 11 is 0. The van der Waals surface area contributed by atoms with Crippen molar-refractivity contribution in [1.82, 2.24) is 5.32 Å². The Kier molecular flexibility index (Phi) is 2.34. The quantitative estimate of drug-likeness (QED) is 0.712. The smallest absolute Gasteiger partial charge is 0.0948 e. The van der Waals surface area contributed by atoms with Crippen LogP contribution in [0.15, 0.2) is 24.3 Å². The normalized spacial score (nSPS) is 26.0. The molecular formula is C11H15NO. The Morgan fingerprint density at radius 3 is 2.92 bits per heavy atom. The van der Waals surface area contributed by atoms with E-state index in [1.54, 1.807) is 0 Å². The van der Waals surface area contributed by atoms with E-state index in [1.807, 2.05) is 18.2 Å². The van der Waals surface area contributed by atoms with Crippen LogP contribution in [0, 0.1) is 0 Å². The highest BCUT2D eigenvalue weighted by atomic mass is 16.3. The van der Waals surface area contributed by atoms with Crippen molar-refractivity contribution in [2.24, 2.45) is 0 Å². The standard InChI is InChI=1S/C11H15NO/c1-2-12-10-7-8-5-3-4-6-9(8)11(10)13/h3-6,10-13H,2,7H2,1H3. The van der Waals surface area contributed by atoms with Crippen LogP contribution in [0.2, 0.25) is 0 Å². The summed E-state index contributed by atoms with van der Waals surface area (Å²) in [5.41, 5.74) is 2.37. The molecule has 0 radical (unpaired) electrons. The maximum absolute atomic E-state index is 9.91. The zero-order valence-corrected chi connectivity index (χ0v) is 7.83. The second-order valence-electron chi connectivity index (χ2n) is 3.51. The SMILES string of the molecule is CCNC1Cc2ccccc2C1O. The van der Waals surface area contributed by atoms with Gasteiger partial charge in [0.25, 0.3) is 0 Å². The van der Waals surface area contributed by atoms with E-state index in [9.17, 15) is 5.11 Å². The second kappa shape index (κ2) is 3.48. The molecule has 0 aliphatic heterocycles. The predicted molar refractivity (Wildman–Crippen MR) is 52.6 cm³/mol. The van der Waals surface area contributed by atoms with Gasteiger partial charge in [-0.25, -0.2) is 0 Å². The molecule has 0 bridgehead atoms. The summed E-state index contributed by atoms with van der Waals surface area (Å²) in [6, 6.07) is 8.33. The molecule has 1 aliphatic carbocycles. The fourth-order valence-electron chi connectivity index (χ4n) is 2.02. The van der Waals surface area contributed by atoms with Crippen LogP contribution in [0.4, 0.5) is 0 Å². The zero-order valence-electron chi connectivity index (χ0n) is 7.83. The molecule has 1 aromatic carbocycles. The number of benzene rings is 1. The first-order valence-corrected chi connectivity index (χ1v) is 4.82. The van der Waals surface area contributed by atoms with Crippen LogP contribution in [-0.2, 0) is 6.42 Å². The van der Waals surface area contributed by atoms with Gasteiger partial charge in [-0.2, -0.15) is 0 Å². The van der Waals surface area contributed by atoms with Crippen molar-refractivity contribution in [3.8, 4) is 0 Å². The first kappa shape index (κ1) is 8.73. The molecule has 2 atom stereocenters. The maximum Gasteiger partial charge on any atom is 0.0948 e. The highest BCUT2D eigenvalue weighted by Gasteiger charge is 2.29. The first-order chi connectivity index (χ1) is 6.33. The van der Waals surface area contributed by atoms with E-state index in [0.717, 1.165) is 18.5 Å². The fraction of sp³-hybridized carbons (Fsp3) is 0.455. The molecule has 2 nitrogen and oxygen atoms in total. The van der Waals surface area contributed by atoms with Crippen LogP contribution in [-0.4, -0.2) is 17.7 Å². The number of hydrogen-bond donors (Lipinski definition) is 2. The van der Waals surface area contributed by atoms with Crippen molar-refractivity contribution >= 4 is 0 Å². The minimum Gasteiger partial charge on any atom is -0.387 e. The summed E-state index contributed by atoms with van der Waals surface area (Å²) in [5, 5.41) is 13.2. The van der Waals surface area contributed by atoms with Gasteiger partial charge in [0.15, 0.2) is 0 Å². The highest BCUT2D eigenvalue weighted by molar-refractivity contribution is 5.35. The molecule has 0 aromatic heterocycles. The van der Waals surface area contributed by atoms with Crippen molar-refractivity contribution < 1.29 is 5.11 Å². The van der Waals surface area contributed by atoms with Gasteiger partial charge in [0.2, 0.25) is 0 Å². The Balaban J connectivity index is 2.22. The number of rotatable bonds is 2. The van der Waals surface area contributed by atoms with Gasteiger partial charge < -0.3 is 10.4 Å². The zero-order chi connectivity index (χ0) is 9.26. The van der Waals surface area contributed by atoms with E-state index in [-0.39, 0.29) is 12.1 Å². The molecule has 2 rings (SSSR count). The molecule has 1 aromatic rings. The number of fused-ring (bicyclic) bond motifs is 1. The molecule has 0 spiro atoms. The van der Waals surface area contributed by atoms with E-state index in [1.165, 1.54) is 5.56 Å². The van der Waals surface area contributed by atoms with Crippen LogP contribution >= 0.6 is 0 Å². The lowest BCUT2D eigenvalue weighted by Crippen LogP contribution is -2.32. The Bertz CT molecular complexity index is 298. The molecule has 70 valence electrons. The molecule has 0 fully saturated rings. The molecule has 2 unspecified atom stereocenters. The number of hydrogen-bond acceptors (Lipinski definition) is 2. The van der Waals surface area contributed by atoms with E-state index in [4.69, 9.17) is 0 Å². The van der Waals surface area contributed by atoms with Crippen LogP contribution in [0.25, 0.3) is 0 Å². The first-order valence-electron chi connectivity index (χ1n) is 4.82. The van der Waals surface area contributed by atoms with Crippen molar-refractivity contribution in [2.75, 3.05) is 6.54 Å². The third kappa shape index (κ3) is 1.47. The van der Waals surface area contributed by atoms with Crippen LogP contribution in [0.3, 0.4) is 0 Å². The topological polar surface area (TPSA) is 32.3 Å². The van der Waals surface area contributed by atoms with Gasteiger partial charge in [-0.15, -0.1) is 0 Å². The van der Waals surface area contributed by atoms with Crippen LogP contribution in [0.1, 0.15) is 24.2 Å². The molecule has 0 amide bonds. The summed E-state index contributed by atoms with van der Waals surface area (Å²) in [7, 11) is 0. The summed E-state index contributed by atoms with van der Waals surface area (Å²) in [4.78, 5) is 0. The number of aliphatic hydroxyl groups is 1. The minimum atomic E-state index is -0.323. The Morgan fingerprint density at radius 2 is 2.23 bits per heavy atom. The van der Waals surface area contributed by atoms with E-state index in [0.29, 0.717) is 0 Å². The largest absolute Gasteiger partial charge is 0.387 e. The molecule has 0 saturated heterocycles. The van der Waals surface area contributed by atoms with Crippen molar-refractivity contribution in [1.29, 1.82) is 0 Å². The molecule has 0 saturated carbocycles. The molecule has 0 heterocycles. The number of nitrogens with one attached hydrogen (secondary N) is 1.